The van der Waals surface area contributed by atoms with Crippen molar-refractivity contribution in [2.45, 2.75) is 45.4 Å². The number of H-pyrrole nitrogens is 1. The van der Waals surface area contributed by atoms with E-state index < -0.39 is 17.3 Å². The van der Waals surface area contributed by atoms with Crippen molar-refractivity contribution in [1.29, 1.82) is 0 Å². The average molecular weight is 435 g/mol. The lowest BCUT2D eigenvalue weighted by molar-refractivity contribution is 0.0853. The van der Waals surface area contributed by atoms with Gasteiger partial charge in [-0.3, -0.25) is 4.90 Å². The lowest BCUT2D eigenvalue weighted by Gasteiger charge is -2.36. The minimum atomic E-state index is -1.14. The fraction of sp³-hybridized carbons (Fsp3) is 0.417. The maximum Gasteiger partial charge on any atom is 0.129 e. The van der Waals surface area contributed by atoms with Crippen molar-refractivity contribution in [2.24, 2.45) is 0 Å². The van der Waals surface area contributed by atoms with Crippen molar-refractivity contribution in [2.75, 3.05) is 19.8 Å². The van der Waals surface area contributed by atoms with E-state index in [1.165, 1.54) is 22.2 Å². The topological polar surface area (TPSA) is 48.5 Å². The lowest BCUT2D eigenvalue weighted by Crippen LogP contribution is -2.44. The Balaban J connectivity index is 0.000000196. The number of nitrogens with one attached hydrogen (secondary N) is 1. The molecule has 4 rings (SSSR count). The Bertz CT molecular complexity index is 993. The van der Waals surface area contributed by atoms with Crippen LogP contribution in [-0.2, 0) is 13.0 Å². The SMILES string of the molecule is CC1Cc2c([nH]c3ccccc23)CN1CC(C)(C)F.OCCOc1cc(F)cc(F)c1. The van der Waals surface area contributed by atoms with Gasteiger partial charge in [0.25, 0.3) is 0 Å². The van der Waals surface area contributed by atoms with Gasteiger partial charge < -0.3 is 14.8 Å². The standard InChI is InChI=1S/C16H21FN2.C8H8F2O2/c1-11-8-13-12-6-4-5-7-14(12)18-15(13)9-19(11)10-16(2,3)17;9-6-3-7(10)5-8(4-6)12-2-1-11/h4-7,11,18H,8-10H2,1-3H3;3-5,11H,1-2H2. The smallest absolute Gasteiger partial charge is 0.129 e. The van der Waals surface area contributed by atoms with Crippen molar-refractivity contribution < 1.29 is 23.0 Å². The number of aliphatic hydroxyl groups excluding tert-OH is 1. The van der Waals surface area contributed by atoms with Gasteiger partial charge in [0.2, 0.25) is 0 Å². The minimum absolute atomic E-state index is 0.0306. The molecule has 0 spiro atoms. The molecule has 1 atom stereocenters. The Morgan fingerprint density at radius 2 is 1.84 bits per heavy atom. The first-order valence-electron chi connectivity index (χ1n) is 10.4. The van der Waals surface area contributed by atoms with Gasteiger partial charge in [0.1, 0.15) is 29.7 Å². The van der Waals surface area contributed by atoms with Crippen molar-refractivity contribution in [3.05, 3.63) is 65.4 Å². The van der Waals surface area contributed by atoms with Gasteiger partial charge in [-0.05, 0) is 38.8 Å². The van der Waals surface area contributed by atoms with Crippen LogP contribution in [0.5, 0.6) is 5.75 Å². The van der Waals surface area contributed by atoms with Crippen molar-refractivity contribution in [3.63, 3.8) is 0 Å². The number of benzene rings is 2. The summed E-state index contributed by atoms with van der Waals surface area (Å²) in [6.45, 7) is 6.65. The highest BCUT2D eigenvalue weighted by Gasteiger charge is 2.30. The van der Waals surface area contributed by atoms with E-state index >= 15 is 0 Å². The van der Waals surface area contributed by atoms with Gasteiger partial charge in [-0.25, -0.2) is 13.2 Å². The molecule has 31 heavy (non-hydrogen) atoms. The van der Waals surface area contributed by atoms with Crippen LogP contribution in [0.4, 0.5) is 13.2 Å². The predicted octanol–water partition coefficient (Wildman–Crippen LogP) is 5.00. The monoisotopic (exact) mass is 434 g/mol. The molecule has 1 aromatic heterocycles. The van der Waals surface area contributed by atoms with Crippen LogP contribution in [-0.4, -0.2) is 46.5 Å². The van der Waals surface area contributed by atoms with E-state index in [1.807, 2.05) is 0 Å². The highest BCUT2D eigenvalue weighted by Crippen LogP contribution is 2.31. The van der Waals surface area contributed by atoms with Crippen LogP contribution >= 0.6 is 0 Å². The summed E-state index contributed by atoms with van der Waals surface area (Å²) in [5, 5.41) is 9.68. The highest BCUT2D eigenvalue weighted by atomic mass is 19.1. The summed E-state index contributed by atoms with van der Waals surface area (Å²) in [7, 11) is 0. The second kappa shape index (κ2) is 9.75. The van der Waals surface area contributed by atoms with E-state index in [-0.39, 0.29) is 19.0 Å². The van der Waals surface area contributed by atoms with E-state index in [9.17, 15) is 13.2 Å². The Hall–Kier alpha value is -2.51. The van der Waals surface area contributed by atoms with Crippen molar-refractivity contribution >= 4 is 10.9 Å². The fourth-order valence-electron chi connectivity index (χ4n) is 3.88. The first-order valence-corrected chi connectivity index (χ1v) is 10.4. The maximum absolute atomic E-state index is 13.9. The lowest BCUT2D eigenvalue weighted by atomic mass is 9.96. The fourth-order valence-corrected chi connectivity index (χ4v) is 3.88. The maximum atomic E-state index is 13.9. The molecule has 7 heteroatoms. The number of aromatic nitrogens is 1. The molecule has 168 valence electrons. The van der Waals surface area contributed by atoms with E-state index in [2.05, 4.69) is 41.1 Å². The molecule has 0 fully saturated rings. The molecule has 0 saturated carbocycles. The zero-order chi connectivity index (χ0) is 22.6. The van der Waals surface area contributed by atoms with Gasteiger partial charge in [0.05, 0.1) is 6.61 Å². The Morgan fingerprint density at radius 3 is 2.48 bits per heavy atom. The summed E-state index contributed by atoms with van der Waals surface area (Å²) in [6, 6.07) is 11.7. The minimum Gasteiger partial charge on any atom is -0.491 e. The molecule has 0 bridgehead atoms. The molecule has 1 unspecified atom stereocenters. The molecule has 1 aliphatic heterocycles. The normalized spacial score (nSPS) is 16.5. The van der Waals surface area contributed by atoms with Crippen LogP contribution in [0, 0.1) is 11.6 Å². The molecule has 0 saturated heterocycles. The van der Waals surface area contributed by atoms with E-state index in [1.54, 1.807) is 13.8 Å². The molecule has 3 aromatic rings. The number of aromatic amines is 1. The number of rotatable bonds is 5. The molecule has 2 heterocycles. The van der Waals surface area contributed by atoms with Crippen LogP contribution in [0.15, 0.2) is 42.5 Å². The third-order valence-electron chi connectivity index (χ3n) is 5.16. The number of halogens is 3. The molecule has 0 radical (unpaired) electrons. The number of ether oxygens (including phenoxy) is 1. The van der Waals surface area contributed by atoms with Crippen LogP contribution in [0.25, 0.3) is 10.9 Å². The van der Waals surface area contributed by atoms with Crippen LogP contribution in [0.1, 0.15) is 32.0 Å². The number of fused-ring (bicyclic) bond motifs is 3. The van der Waals surface area contributed by atoms with Gasteiger partial charge in [0, 0.05) is 53.9 Å². The Morgan fingerprint density at radius 1 is 1.16 bits per heavy atom. The molecule has 0 amide bonds. The third-order valence-corrected chi connectivity index (χ3v) is 5.16. The number of nitrogens with zero attached hydrogens (tertiary/aromatic N) is 1. The summed E-state index contributed by atoms with van der Waals surface area (Å²) in [5.41, 5.74) is 2.72. The van der Waals surface area contributed by atoms with Gasteiger partial charge in [-0.15, -0.1) is 0 Å². The van der Waals surface area contributed by atoms with Gasteiger partial charge in [-0.2, -0.15) is 0 Å². The molecule has 2 aromatic carbocycles. The third kappa shape index (κ3) is 6.24. The Kier molecular flexibility index (Phi) is 7.28. The number of alkyl halides is 1. The van der Waals surface area contributed by atoms with E-state index in [0.29, 0.717) is 12.6 Å². The molecule has 2 N–H and O–H groups in total. The zero-order valence-corrected chi connectivity index (χ0v) is 18.1. The first-order chi connectivity index (χ1) is 14.7. The van der Waals surface area contributed by atoms with Gasteiger partial charge in [-0.1, -0.05) is 18.2 Å². The largest absolute Gasteiger partial charge is 0.491 e. The number of hydrogen-bond acceptors (Lipinski definition) is 3. The molecular weight excluding hydrogens is 405 g/mol. The summed E-state index contributed by atoms with van der Waals surface area (Å²) < 4.78 is 43.6. The summed E-state index contributed by atoms with van der Waals surface area (Å²) in [6.07, 6.45) is 0.995. The second-order valence-electron chi connectivity index (χ2n) is 8.48. The van der Waals surface area contributed by atoms with Crippen molar-refractivity contribution in [1.82, 2.24) is 9.88 Å². The van der Waals surface area contributed by atoms with Crippen LogP contribution in [0.2, 0.25) is 0 Å². The number of para-hydroxylation sites is 1. The zero-order valence-electron chi connectivity index (χ0n) is 18.1. The van der Waals surface area contributed by atoms with Gasteiger partial charge >= 0.3 is 0 Å². The van der Waals surface area contributed by atoms with E-state index in [4.69, 9.17) is 9.84 Å². The summed E-state index contributed by atoms with van der Waals surface area (Å²) in [4.78, 5) is 5.72. The molecule has 4 nitrogen and oxygen atoms in total. The van der Waals surface area contributed by atoms with Crippen LogP contribution < -0.4 is 4.74 Å². The predicted molar refractivity (Wildman–Crippen MR) is 116 cm³/mol. The summed E-state index contributed by atoms with van der Waals surface area (Å²) in [5.74, 6) is -1.30. The molecular formula is C24H29F3N2O2. The van der Waals surface area contributed by atoms with E-state index in [0.717, 1.165) is 31.2 Å². The first kappa shape index (κ1) is 23.2. The van der Waals surface area contributed by atoms with Crippen LogP contribution in [0.3, 0.4) is 0 Å². The molecule has 1 aliphatic rings. The summed E-state index contributed by atoms with van der Waals surface area (Å²) >= 11 is 0. The average Bonchev–Trinajstić information content (AvgIpc) is 3.03. The number of hydrogen-bond donors (Lipinski definition) is 2. The highest BCUT2D eigenvalue weighted by molar-refractivity contribution is 5.84. The number of aliphatic hydroxyl groups is 1. The van der Waals surface area contributed by atoms with Crippen molar-refractivity contribution in [3.8, 4) is 5.75 Å². The Labute approximate surface area is 180 Å². The second-order valence-corrected chi connectivity index (χ2v) is 8.48. The molecule has 0 aliphatic carbocycles. The quantitative estimate of drug-likeness (QED) is 0.594. The van der Waals surface area contributed by atoms with Gasteiger partial charge in [0.15, 0.2) is 0 Å².